The molecular formula is C24H26ClN3O4. The molecule has 32 heavy (non-hydrogen) atoms. The van der Waals surface area contributed by atoms with Gasteiger partial charge in [0.15, 0.2) is 11.5 Å². The molecule has 168 valence electrons. The van der Waals surface area contributed by atoms with Crippen LogP contribution in [0.4, 0.5) is 5.69 Å². The van der Waals surface area contributed by atoms with Crippen molar-refractivity contribution in [2.24, 2.45) is 0 Å². The van der Waals surface area contributed by atoms with E-state index in [1.807, 2.05) is 0 Å². The number of hydrogen-bond donors (Lipinski definition) is 2. The fourth-order valence-electron chi connectivity index (χ4n) is 5.06. The topological polar surface area (TPSA) is 79.9 Å². The molecule has 0 aromatic heterocycles. The summed E-state index contributed by atoms with van der Waals surface area (Å²) in [6.07, 6.45) is 4.94. The summed E-state index contributed by atoms with van der Waals surface area (Å²) in [7, 11) is 0. The van der Waals surface area contributed by atoms with E-state index in [1.165, 1.54) is 0 Å². The first-order valence-corrected chi connectivity index (χ1v) is 11.4. The molecule has 2 bridgehead atoms. The van der Waals surface area contributed by atoms with Crippen LogP contribution in [-0.2, 0) is 4.79 Å². The first-order valence-electron chi connectivity index (χ1n) is 11.1. The van der Waals surface area contributed by atoms with Crippen LogP contribution in [0.5, 0.6) is 11.5 Å². The number of fused-ring (bicyclic) bond motifs is 3. The summed E-state index contributed by atoms with van der Waals surface area (Å²) >= 11 is 5.92. The van der Waals surface area contributed by atoms with E-state index in [4.69, 9.17) is 21.1 Å². The fraction of sp³-hybridized carbons (Fsp3) is 0.417. The van der Waals surface area contributed by atoms with E-state index in [0.717, 1.165) is 37.8 Å². The Hall–Kier alpha value is -2.77. The van der Waals surface area contributed by atoms with E-state index >= 15 is 0 Å². The van der Waals surface area contributed by atoms with Crippen LogP contribution in [0.15, 0.2) is 42.5 Å². The number of benzene rings is 2. The SMILES string of the molecule is O=C(CN1[C@@H]2CCC[C@H]1CC(NC(=O)c1ccc3c(c1)OCO3)C2)Nc1ccc(Cl)cc1. The average molecular weight is 456 g/mol. The van der Waals surface area contributed by atoms with E-state index in [1.54, 1.807) is 42.5 Å². The Labute approximate surface area is 192 Å². The van der Waals surface area contributed by atoms with Gasteiger partial charge in [-0.25, -0.2) is 0 Å². The number of hydrogen-bond acceptors (Lipinski definition) is 5. The van der Waals surface area contributed by atoms with Crippen molar-refractivity contribution >= 4 is 29.1 Å². The van der Waals surface area contributed by atoms with Crippen LogP contribution in [0.25, 0.3) is 0 Å². The molecule has 5 rings (SSSR count). The number of anilines is 1. The molecule has 2 N–H and O–H groups in total. The minimum absolute atomic E-state index is 0.0212. The van der Waals surface area contributed by atoms with Gasteiger partial charge in [-0.1, -0.05) is 18.0 Å². The Morgan fingerprint density at radius 1 is 1.00 bits per heavy atom. The molecule has 2 amide bonds. The highest BCUT2D eigenvalue weighted by atomic mass is 35.5. The van der Waals surface area contributed by atoms with Gasteiger partial charge >= 0.3 is 0 Å². The van der Waals surface area contributed by atoms with Crippen LogP contribution in [0.2, 0.25) is 5.02 Å². The predicted molar refractivity (Wildman–Crippen MR) is 121 cm³/mol. The average Bonchev–Trinajstić information content (AvgIpc) is 3.24. The Morgan fingerprint density at radius 2 is 1.72 bits per heavy atom. The summed E-state index contributed by atoms with van der Waals surface area (Å²) in [6.45, 7) is 0.550. The standard InChI is InChI=1S/C24H26ClN3O4/c25-16-5-7-17(8-6-16)26-23(29)13-28-19-2-1-3-20(28)12-18(11-19)27-24(30)15-4-9-21-22(10-15)32-14-31-21/h4-10,18-20H,1-3,11-14H2,(H,26,29)(H,27,30)/t18?,19-,20+. The van der Waals surface area contributed by atoms with Crippen LogP contribution >= 0.6 is 11.6 Å². The molecule has 0 aliphatic carbocycles. The third-order valence-electron chi connectivity index (χ3n) is 6.55. The molecule has 8 heteroatoms. The van der Waals surface area contributed by atoms with Crippen molar-refractivity contribution in [3.05, 3.63) is 53.1 Å². The van der Waals surface area contributed by atoms with Gasteiger partial charge in [0.05, 0.1) is 6.54 Å². The lowest BCUT2D eigenvalue weighted by Gasteiger charge is -2.48. The second kappa shape index (κ2) is 9.00. The molecule has 2 saturated heterocycles. The number of carbonyl (C=O) groups excluding carboxylic acids is 2. The summed E-state index contributed by atoms with van der Waals surface area (Å²) in [6, 6.07) is 13.1. The summed E-state index contributed by atoms with van der Waals surface area (Å²) < 4.78 is 10.7. The monoisotopic (exact) mass is 455 g/mol. The number of piperidine rings is 2. The Kier molecular flexibility index (Phi) is 5.93. The van der Waals surface area contributed by atoms with Crippen LogP contribution in [0, 0.1) is 0 Å². The molecule has 0 radical (unpaired) electrons. The lowest BCUT2D eigenvalue weighted by atomic mass is 9.81. The van der Waals surface area contributed by atoms with Gasteiger partial charge in [0.1, 0.15) is 0 Å². The normalized spacial score (nSPS) is 24.1. The van der Waals surface area contributed by atoms with Crippen LogP contribution in [-0.4, -0.2) is 48.2 Å². The number of halogens is 1. The number of nitrogens with zero attached hydrogens (tertiary/aromatic N) is 1. The van der Waals surface area contributed by atoms with Gasteiger partial charge in [0, 0.05) is 34.4 Å². The molecule has 3 heterocycles. The van der Waals surface area contributed by atoms with Crippen LogP contribution in [0.1, 0.15) is 42.5 Å². The van der Waals surface area contributed by atoms with Gasteiger partial charge in [0.2, 0.25) is 12.7 Å². The number of ether oxygens (including phenoxy) is 2. The largest absolute Gasteiger partial charge is 0.454 e. The highest BCUT2D eigenvalue weighted by Gasteiger charge is 2.39. The quantitative estimate of drug-likeness (QED) is 0.716. The Bertz CT molecular complexity index is 999. The Balaban J connectivity index is 1.19. The van der Waals surface area contributed by atoms with Crippen molar-refractivity contribution in [1.82, 2.24) is 10.2 Å². The molecule has 0 spiro atoms. The molecular weight excluding hydrogens is 430 g/mol. The minimum Gasteiger partial charge on any atom is -0.454 e. The number of amides is 2. The predicted octanol–water partition coefficient (Wildman–Crippen LogP) is 3.82. The molecule has 3 aliphatic rings. The molecule has 2 aromatic carbocycles. The molecule has 2 fully saturated rings. The summed E-state index contributed by atoms with van der Waals surface area (Å²) in [5.74, 6) is 1.16. The van der Waals surface area contributed by atoms with Crippen molar-refractivity contribution in [3.63, 3.8) is 0 Å². The zero-order valence-electron chi connectivity index (χ0n) is 17.7. The third-order valence-corrected chi connectivity index (χ3v) is 6.80. The number of rotatable bonds is 5. The summed E-state index contributed by atoms with van der Waals surface area (Å²) in [4.78, 5) is 27.8. The molecule has 1 unspecified atom stereocenters. The molecule has 3 aliphatic heterocycles. The van der Waals surface area contributed by atoms with Gasteiger partial charge in [-0.3, -0.25) is 14.5 Å². The maximum absolute atomic E-state index is 12.8. The van der Waals surface area contributed by atoms with Crippen molar-refractivity contribution in [2.75, 3.05) is 18.7 Å². The number of carbonyl (C=O) groups is 2. The second-order valence-electron chi connectivity index (χ2n) is 8.68. The molecule has 2 aromatic rings. The van der Waals surface area contributed by atoms with E-state index < -0.39 is 0 Å². The maximum Gasteiger partial charge on any atom is 0.251 e. The van der Waals surface area contributed by atoms with Gasteiger partial charge < -0.3 is 20.1 Å². The Morgan fingerprint density at radius 3 is 2.47 bits per heavy atom. The lowest BCUT2D eigenvalue weighted by molar-refractivity contribution is -0.120. The van der Waals surface area contributed by atoms with E-state index in [2.05, 4.69) is 15.5 Å². The van der Waals surface area contributed by atoms with Crippen molar-refractivity contribution < 1.29 is 19.1 Å². The van der Waals surface area contributed by atoms with Gasteiger partial charge in [-0.15, -0.1) is 0 Å². The first-order chi connectivity index (χ1) is 15.5. The zero-order valence-corrected chi connectivity index (χ0v) is 18.4. The summed E-state index contributed by atoms with van der Waals surface area (Å²) in [5, 5.41) is 6.80. The lowest BCUT2D eigenvalue weighted by Crippen LogP contribution is -2.58. The zero-order chi connectivity index (χ0) is 22.1. The van der Waals surface area contributed by atoms with E-state index in [-0.39, 0.29) is 24.6 Å². The minimum atomic E-state index is -0.0969. The number of nitrogens with one attached hydrogen (secondary N) is 2. The summed E-state index contributed by atoms with van der Waals surface area (Å²) in [5.41, 5.74) is 1.32. The smallest absolute Gasteiger partial charge is 0.251 e. The van der Waals surface area contributed by atoms with Gasteiger partial charge in [-0.05, 0) is 68.1 Å². The van der Waals surface area contributed by atoms with Crippen molar-refractivity contribution in [1.29, 1.82) is 0 Å². The van der Waals surface area contributed by atoms with Gasteiger partial charge in [-0.2, -0.15) is 0 Å². The van der Waals surface area contributed by atoms with Crippen LogP contribution in [0.3, 0.4) is 0 Å². The van der Waals surface area contributed by atoms with Crippen molar-refractivity contribution in [2.45, 2.75) is 50.2 Å². The molecule has 3 atom stereocenters. The van der Waals surface area contributed by atoms with Crippen molar-refractivity contribution in [3.8, 4) is 11.5 Å². The van der Waals surface area contributed by atoms with E-state index in [9.17, 15) is 9.59 Å². The highest BCUT2D eigenvalue weighted by Crippen LogP contribution is 2.35. The van der Waals surface area contributed by atoms with Gasteiger partial charge in [0.25, 0.3) is 5.91 Å². The first kappa shape index (κ1) is 21.1. The third kappa shape index (κ3) is 4.54. The highest BCUT2D eigenvalue weighted by molar-refractivity contribution is 6.30. The second-order valence-corrected chi connectivity index (χ2v) is 9.11. The molecule has 7 nitrogen and oxygen atoms in total. The molecule has 0 saturated carbocycles. The fourth-order valence-corrected chi connectivity index (χ4v) is 5.19. The van der Waals surface area contributed by atoms with E-state index in [0.29, 0.717) is 40.7 Å². The van der Waals surface area contributed by atoms with Crippen LogP contribution < -0.4 is 20.1 Å². The maximum atomic E-state index is 12.8.